The summed E-state index contributed by atoms with van der Waals surface area (Å²) in [5, 5.41) is 3.97. The van der Waals surface area contributed by atoms with Gasteiger partial charge in [0.1, 0.15) is 0 Å². The van der Waals surface area contributed by atoms with E-state index < -0.39 is 22.5 Å². The van der Waals surface area contributed by atoms with Crippen LogP contribution in [0.1, 0.15) is 11.1 Å². The number of hydrogen-bond donors (Lipinski definition) is 1. The molecule has 0 bridgehead atoms. The summed E-state index contributed by atoms with van der Waals surface area (Å²) in [7, 11) is -4.03. The molecule has 0 saturated carbocycles. The van der Waals surface area contributed by atoms with Crippen LogP contribution in [-0.2, 0) is 21.4 Å². The highest BCUT2D eigenvalue weighted by molar-refractivity contribution is 7.89. The number of carbonyl (C=O) groups is 1. The zero-order valence-corrected chi connectivity index (χ0v) is 20.6. The summed E-state index contributed by atoms with van der Waals surface area (Å²) in [5.41, 5.74) is 1.69. The second kappa shape index (κ2) is 10.4. The molecule has 0 aliphatic heterocycles. The fourth-order valence-electron chi connectivity index (χ4n) is 2.87. The van der Waals surface area contributed by atoms with Crippen LogP contribution < -0.4 is 5.32 Å². The van der Waals surface area contributed by atoms with Gasteiger partial charge in [-0.05, 0) is 55.0 Å². The van der Waals surface area contributed by atoms with Gasteiger partial charge in [-0.25, -0.2) is 8.42 Å². The first-order valence-corrected chi connectivity index (χ1v) is 12.3. The van der Waals surface area contributed by atoms with Crippen LogP contribution in [0, 0.1) is 6.92 Å². The van der Waals surface area contributed by atoms with Crippen LogP contribution >= 0.6 is 46.4 Å². The summed E-state index contributed by atoms with van der Waals surface area (Å²) in [4.78, 5) is 12.8. The van der Waals surface area contributed by atoms with E-state index in [2.05, 4.69) is 5.32 Å². The van der Waals surface area contributed by atoms with E-state index in [0.29, 0.717) is 20.6 Å². The molecule has 0 spiro atoms. The fourth-order valence-corrected chi connectivity index (χ4v) is 5.05. The van der Waals surface area contributed by atoms with Crippen molar-refractivity contribution in [3.8, 4) is 0 Å². The number of aryl methyl sites for hydroxylation is 1. The number of nitrogens with zero attached hydrogens (tertiary/aromatic N) is 1. The second-order valence-corrected chi connectivity index (χ2v) is 10.6. The van der Waals surface area contributed by atoms with Gasteiger partial charge in [0.25, 0.3) is 0 Å². The first kappa shape index (κ1) is 24.8. The van der Waals surface area contributed by atoms with Gasteiger partial charge < -0.3 is 5.32 Å². The van der Waals surface area contributed by atoms with E-state index in [9.17, 15) is 13.2 Å². The molecule has 1 amide bonds. The highest BCUT2D eigenvalue weighted by Gasteiger charge is 2.28. The number of hydrogen-bond acceptors (Lipinski definition) is 3. The van der Waals surface area contributed by atoms with Crippen LogP contribution in [0.2, 0.25) is 20.1 Å². The van der Waals surface area contributed by atoms with Gasteiger partial charge in [-0.3, -0.25) is 4.79 Å². The Kier molecular flexibility index (Phi) is 8.09. The third-order valence-electron chi connectivity index (χ3n) is 4.54. The Hall–Kier alpha value is -1.80. The number of benzene rings is 3. The van der Waals surface area contributed by atoms with Crippen molar-refractivity contribution < 1.29 is 13.2 Å². The molecule has 0 radical (unpaired) electrons. The Morgan fingerprint density at radius 1 is 0.875 bits per heavy atom. The predicted molar refractivity (Wildman–Crippen MR) is 130 cm³/mol. The quantitative estimate of drug-likeness (QED) is 0.381. The maximum atomic E-state index is 13.4. The third-order valence-corrected chi connectivity index (χ3v) is 7.50. The molecule has 0 atom stereocenters. The van der Waals surface area contributed by atoms with Gasteiger partial charge in [-0.2, -0.15) is 4.31 Å². The topological polar surface area (TPSA) is 66.5 Å². The molecule has 32 heavy (non-hydrogen) atoms. The van der Waals surface area contributed by atoms with E-state index in [1.807, 2.05) is 6.92 Å². The second-order valence-electron chi connectivity index (χ2n) is 6.99. The average Bonchev–Trinajstić information content (AvgIpc) is 2.72. The number of sulfonamides is 1. The Morgan fingerprint density at radius 3 is 2.16 bits per heavy atom. The molecular weight excluding hydrogens is 514 g/mol. The summed E-state index contributed by atoms with van der Waals surface area (Å²) >= 11 is 24.3. The Bertz CT molecular complexity index is 1250. The lowest BCUT2D eigenvalue weighted by atomic mass is 10.2. The summed E-state index contributed by atoms with van der Waals surface area (Å²) in [6, 6.07) is 15.7. The Labute approximate surface area is 206 Å². The van der Waals surface area contributed by atoms with Crippen molar-refractivity contribution in [1.82, 2.24) is 4.31 Å². The van der Waals surface area contributed by atoms with Gasteiger partial charge in [-0.1, -0.05) is 70.2 Å². The van der Waals surface area contributed by atoms with E-state index in [0.717, 1.165) is 9.87 Å². The predicted octanol–water partition coefficient (Wildman–Crippen LogP) is 6.44. The van der Waals surface area contributed by atoms with Gasteiger partial charge in [-0.15, -0.1) is 0 Å². The van der Waals surface area contributed by atoms with Gasteiger partial charge in [0.2, 0.25) is 15.9 Å². The molecule has 5 nitrogen and oxygen atoms in total. The molecule has 1 N–H and O–H groups in total. The normalized spacial score (nSPS) is 11.6. The first-order chi connectivity index (χ1) is 15.1. The minimum absolute atomic E-state index is 0.0572. The van der Waals surface area contributed by atoms with Gasteiger partial charge in [0.15, 0.2) is 0 Å². The number of carbonyl (C=O) groups excluding carboxylic acids is 1. The molecule has 168 valence electrons. The standard InChI is InChI=1S/C22H18Cl4N2O3S/c1-14-2-7-18(8-3-14)32(30,31)28(12-15-4-5-16(23)10-20(15)26)13-22(29)27-21-11-17(24)6-9-19(21)25/h2-11H,12-13H2,1H3,(H,27,29). The van der Waals surface area contributed by atoms with Crippen molar-refractivity contribution in [1.29, 1.82) is 0 Å². The zero-order valence-electron chi connectivity index (χ0n) is 16.8. The van der Waals surface area contributed by atoms with Crippen molar-refractivity contribution in [3.63, 3.8) is 0 Å². The van der Waals surface area contributed by atoms with Crippen LogP contribution in [0.5, 0.6) is 0 Å². The molecular formula is C22H18Cl4N2O3S. The van der Waals surface area contributed by atoms with Crippen molar-refractivity contribution >= 4 is 68.0 Å². The largest absolute Gasteiger partial charge is 0.324 e. The Morgan fingerprint density at radius 2 is 1.50 bits per heavy atom. The summed E-state index contributed by atoms with van der Waals surface area (Å²) in [6.45, 7) is 1.24. The highest BCUT2D eigenvalue weighted by atomic mass is 35.5. The molecule has 10 heteroatoms. The van der Waals surface area contributed by atoms with Crippen LogP contribution in [0.3, 0.4) is 0 Å². The molecule has 3 rings (SSSR count). The maximum absolute atomic E-state index is 13.4. The molecule has 0 aliphatic rings. The molecule has 3 aromatic rings. The number of halogens is 4. The minimum atomic E-state index is -4.03. The highest BCUT2D eigenvalue weighted by Crippen LogP contribution is 2.27. The number of rotatable bonds is 7. The monoisotopic (exact) mass is 530 g/mol. The minimum Gasteiger partial charge on any atom is -0.324 e. The molecule has 0 unspecified atom stereocenters. The SMILES string of the molecule is Cc1ccc(S(=O)(=O)N(CC(=O)Nc2cc(Cl)ccc2Cl)Cc2ccc(Cl)cc2Cl)cc1. The lowest BCUT2D eigenvalue weighted by Crippen LogP contribution is -2.37. The first-order valence-electron chi connectivity index (χ1n) is 9.32. The summed E-state index contributed by atoms with van der Waals surface area (Å²) < 4.78 is 27.8. The van der Waals surface area contributed by atoms with Gasteiger partial charge in [0.05, 0.1) is 22.2 Å². The van der Waals surface area contributed by atoms with Crippen LogP contribution in [0.25, 0.3) is 0 Å². The van der Waals surface area contributed by atoms with Crippen molar-refractivity contribution in [2.24, 2.45) is 0 Å². The molecule has 0 aliphatic carbocycles. The van der Waals surface area contributed by atoms with E-state index >= 15 is 0 Å². The Balaban J connectivity index is 1.93. The van der Waals surface area contributed by atoms with E-state index in [4.69, 9.17) is 46.4 Å². The van der Waals surface area contributed by atoms with Crippen LogP contribution in [-0.4, -0.2) is 25.2 Å². The van der Waals surface area contributed by atoms with Crippen molar-refractivity contribution in [3.05, 3.63) is 91.9 Å². The van der Waals surface area contributed by atoms with Crippen LogP contribution in [0.15, 0.2) is 65.6 Å². The average molecular weight is 532 g/mol. The maximum Gasteiger partial charge on any atom is 0.243 e. The summed E-state index contributed by atoms with van der Waals surface area (Å²) in [6.07, 6.45) is 0. The molecule has 0 fully saturated rings. The number of anilines is 1. The summed E-state index contributed by atoms with van der Waals surface area (Å²) in [5.74, 6) is -0.588. The van der Waals surface area contributed by atoms with E-state index in [-0.39, 0.29) is 22.2 Å². The smallest absolute Gasteiger partial charge is 0.243 e. The fraction of sp³-hybridized carbons (Fsp3) is 0.136. The van der Waals surface area contributed by atoms with Crippen molar-refractivity contribution in [2.75, 3.05) is 11.9 Å². The van der Waals surface area contributed by atoms with E-state index in [1.165, 1.54) is 30.3 Å². The lowest BCUT2D eigenvalue weighted by molar-refractivity contribution is -0.116. The molecule has 0 aromatic heterocycles. The van der Waals surface area contributed by atoms with Crippen LogP contribution in [0.4, 0.5) is 5.69 Å². The third kappa shape index (κ3) is 6.16. The lowest BCUT2D eigenvalue weighted by Gasteiger charge is -2.23. The molecule has 0 heterocycles. The molecule has 3 aromatic carbocycles. The van der Waals surface area contributed by atoms with Gasteiger partial charge in [0, 0.05) is 21.6 Å². The van der Waals surface area contributed by atoms with E-state index in [1.54, 1.807) is 30.3 Å². The molecule has 0 saturated heterocycles. The zero-order chi connectivity index (χ0) is 23.5. The number of nitrogens with one attached hydrogen (secondary N) is 1. The van der Waals surface area contributed by atoms with Gasteiger partial charge >= 0.3 is 0 Å². The number of amides is 1. The van der Waals surface area contributed by atoms with Crippen molar-refractivity contribution in [2.45, 2.75) is 18.4 Å².